The van der Waals surface area contributed by atoms with Crippen LogP contribution >= 0.6 is 0 Å². The van der Waals surface area contributed by atoms with Gasteiger partial charge in [-0.05, 0) is 18.4 Å². The van der Waals surface area contributed by atoms with Gasteiger partial charge in [-0.1, -0.05) is 30.3 Å². The molecule has 0 aliphatic carbocycles. The van der Waals surface area contributed by atoms with Gasteiger partial charge in [0.25, 0.3) is 5.91 Å². The van der Waals surface area contributed by atoms with Gasteiger partial charge < -0.3 is 5.73 Å². The topological polar surface area (TPSA) is 58.4 Å². The van der Waals surface area contributed by atoms with Crippen molar-refractivity contribution in [3.05, 3.63) is 35.9 Å². The Morgan fingerprint density at radius 3 is 2.56 bits per heavy atom. The summed E-state index contributed by atoms with van der Waals surface area (Å²) in [6.45, 7) is 0. The predicted octanol–water partition coefficient (Wildman–Crippen LogP) is 0.539. The lowest BCUT2D eigenvalue weighted by Crippen LogP contribution is -2.46. The second kappa shape index (κ2) is 6.25. The van der Waals surface area contributed by atoms with Crippen LogP contribution in [0.15, 0.2) is 30.3 Å². The molecule has 1 aromatic carbocycles. The standard InChI is InChI=1S/C12H19N3O/c1-15(2)14-12(16)11(13)9-8-10-6-4-3-5-7-10/h3-7,11H,8-9,13H2,1-2H3,(H,14,16)/t11-/m0/s1. The lowest BCUT2D eigenvalue weighted by atomic mass is 10.1. The number of amides is 1. The molecule has 1 aromatic rings. The third-order valence-corrected chi connectivity index (χ3v) is 2.26. The smallest absolute Gasteiger partial charge is 0.251 e. The summed E-state index contributed by atoms with van der Waals surface area (Å²) < 4.78 is 0. The van der Waals surface area contributed by atoms with Crippen LogP contribution in [-0.4, -0.2) is 31.1 Å². The third-order valence-electron chi connectivity index (χ3n) is 2.26. The fraction of sp³-hybridized carbons (Fsp3) is 0.417. The van der Waals surface area contributed by atoms with Gasteiger partial charge in [-0.25, -0.2) is 5.01 Å². The Kier molecular flexibility index (Phi) is 4.95. The molecule has 1 amide bonds. The molecule has 0 saturated heterocycles. The molecule has 16 heavy (non-hydrogen) atoms. The van der Waals surface area contributed by atoms with E-state index in [0.29, 0.717) is 6.42 Å². The largest absolute Gasteiger partial charge is 0.320 e. The molecule has 0 bridgehead atoms. The van der Waals surface area contributed by atoms with Crippen molar-refractivity contribution in [3.8, 4) is 0 Å². The highest BCUT2D eigenvalue weighted by Crippen LogP contribution is 2.03. The number of rotatable bonds is 5. The van der Waals surface area contributed by atoms with Crippen LogP contribution in [0.1, 0.15) is 12.0 Å². The maximum Gasteiger partial charge on any atom is 0.251 e. The minimum Gasteiger partial charge on any atom is -0.320 e. The Morgan fingerprint density at radius 2 is 2.00 bits per heavy atom. The fourth-order valence-electron chi connectivity index (χ4n) is 1.40. The highest BCUT2D eigenvalue weighted by atomic mass is 16.2. The number of hydrogen-bond acceptors (Lipinski definition) is 3. The SMILES string of the molecule is CN(C)NC(=O)[C@@H](N)CCc1ccccc1. The Morgan fingerprint density at radius 1 is 1.38 bits per heavy atom. The number of benzene rings is 1. The van der Waals surface area contributed by atoms with Crippen molar-refractivity contribution in [2.24, 2.45) is 5.73 Å². The first-order valence-electron chi connectivity index (χ1n) is 5.37. The van der Waals surface area contributed by atoms with Gasteiger partial charge in [0.2, 0.25) is 0 Å². The molecule has 4 nitrogen and oxygen atoms in total. The molecular formula is C12H19N3O. The van der Waals surface area contributed by atoms with E-state index in [1.165, 1.54) is 5.56 Å². The van der Waals surface area contributed by atoms with Crippen LogP contribution in [0.2, 0.25) is 0 Å². The van der Waals surface area contributed by atoms with E-state index in [0.717, 1.165) is 6.42 Å². The summed E-state index contributed by atoms with van der Waals surface area (Å²) in [4.78, 5) is 11.5. The normalized spacial score (nSPS) is 12.5. The van der Waals surface area contributed by atoms with Gasteiger partial charge in [0.1, 0.15) is 0 Å². The molecule has 0 spiro atoms. The van der Waals surface area contributed by atoms with Crippen molar-refractivity contribution >= 4 is 5.91 Å². The molecule has 0 heterocycles. The van der Waals surface area contributed by atoms with Crippen molar-refractivity contribution in [2.45, 2.75) is 18.9 Å². The van der Waals surface area contributed by atoms with Crippen molar-refractivity contribution in [1.82, 2.24) is 10.4 Å². The van der Waals surface area contributed by atoms with Crippen molar-refractivity contribution in [3.63, 3.8) is 0 Å². The molecule has 3 N–H and O–H groups in total. The highest BCUT2D eigenvalue weighted by Gasteiger charge is 2.13. The zero-order valence-electron chi connectivity index (χ0n) is 9.81. The quantitative estimate of drug-likeness (QED) is 0.713. The van der Waals surface area contributed by atoms with E-state index in [4.69, 9.17) is 5.73 Å². The third kappa shape index (κ3) is 4.42. The Hall–Kier alpha value is -1.39. The van der Waals surface area contributed by atoms with Gasteiger partial charge in [0, 0.05) is 14.1 Å². The average Bonchev–Trinajstić information content (AvgIpc) is 2.26. The van der Waals surface area contributed by atoms with Gasteiger partial charge >= 0.3 is 0 Å². The first-order valence-corrected chi connectivity index (χ1v) is 5.37. The minimum absolute atomic E-state index is 0.138. The molecule has 0 saturated carbocycles. The van der Waals surface area contributed by atoms with Crippen molar-refractivity contribution in [1.29, 1.82) is 0 Å². The zero-order valence-corrected chi connectivity index (χ0v) is 9.81. The van der Waals surface area contributed by atoms with Crippen LogP contribution in [0.4, 0.5) is 0 Å². The summed E-state index contributed by atoms with van der Waals surface area (Å²) >= 11 is 0. The van der Waals surface area contributed by atoms with E-state index in [1.54, 1.807) is 19.1 Å². The van der Waals surface area contributed by atoms with Gasteiger partial charge in [-0.15, -0.1) is 0 Å². The minimum atomic E-state index is -0.456. The van der Waals surface area contributed by atoms with Crippen LogP contribution in [0.5, 0.6) is 0 Å². The van der Waals surface area contributed by atoms with E-state index < -0.39 is 6.04 Å². The first kappa shape index (κ1) is 12.7. The summed E-state index contributed by atoms with van der Waals surface area (Å²) in [5, 5.41) is 1.60. The van der Waals surface area contributed by atoms with Gasteiger partial charge in [0.05, 0.1) is 6.04 Å². The van der Waals surface area contributed by atoms with Gasteiger partial charge in [-0.2, -0.15) is 0 Å². The predicted molar refractivity (Wildman–Crippen MR) is 64.6 cm³/mol. The van der Waals surface area contributed by atoms with Crippen molar-refractivity contribution < 1.29 is 4.79 Å². The molecule has 1 atom stereocenters. The fourth-order valence-corrected chi connectivity index (χ4v) is 1.40. The van der Waals surface area contributed by atoms with Crippen LogP contribution in [-0.2, 0) is 11.2 Å². The van der Waals surface area contributed by atoms with Gasteiger partial charge in [0.15, 0.2) is 0 Å². The molecule has 0 radical (unpaired) electrons. The van der Waals surface area contributed by atoms with Crippen LogP contribution in [0, 0.1) is 0 Å². The molecule has 0 unspecified atom stereocenters. The van der Waals surface area contributed by atoms with E-state index in [-0.39, 0.29) is 5.91 Å². The monoisotopic (exact) mass is 221 g/mol. The summed E-state index contributed by atoms with van der Waals surface area (Å²) in [5.41, 5.74) is 9.63. The molecule has 0 aliphatic rings. The summed E-state index contributed by atoms with van der Waals surface area (Å²) in [6.07, 6.45) is 1.48. The van der Waals surface area contributed by atoms with Gasteiger partial charge in [-0.3, -0.25) is 10.2 Å². The van der Waals surface area contributed by atoms with Crippen molar-refractivity contribution in [2.75, 3.05) is 14.1 Å². The highest BCUT2D eigenvalue weighted by molar-refractivity contribution is 5.80. The second-order valence-electron chi connectivity index (χ2n) is 4.00. The summed E-state index contributed by atoms with van der Waals surface area (Å²) in [5.74, 6) is -0.138. The van der Waals surface area contributed by atoms with Crippen LogP contribution < -0.4 is 11.2 Å². The van der Waals surface area contributed by atoms with Crippen LogP contribution in [0.25, 0.3) is 0 Å². The zero-order chi connectivity index (χ0) is 12.0. The first-order chi connectivity index (χ1) is 7.59. The lowest BCUT2D eigenvalue weighted by molar-refractivity contribution is -0.126. The molecular weight excluding hydrogens is 202 g/mol. The molecule has 0 aliphatic heterocycles. The summed E-state index contributed by atoms with van der Waals surface area (Å²) in [7, 11) is 3.53. The molecule has 0 fully saturated rings. The number of carbonyl (C=O) groups is 1. The number of hydrazine groups is 1. The van der Waals surface area contributed by atoms with E-state index in [1.807, 2.05) is 30.3 Å². The lowest BCUT2D eigenvalue weighted by Gasteiger charge is -2.16. The second-order valence-corrected chi connectivity index (χ2v) is 4.00. The number of nitrogens with two attached hydrogens (primary N) is 1. The molecule has 0 aromatic heterocycles. The number of hydrogen-bond donors (Lipinski definition) is 2. The molecule has 4 heteroatoms. The van der Waals surface area contributed by atoms with E-state index >= 15 is 0 Å². The van der Waals surface area contributed by atoms with Crippen LogP contribution in [0.3, 0.4) is 0 Å². The van der Waals surface area contributed by atoms with E-state index in [2.05, 4.69) is 5.43 Å². The Labute approximate surface area is 96.4 Å². The maximum atomic E-state index is 11.5. The number of carbonyl (C=O) groups excluding carboxylic acids is 1. The number of aryl methyl sites for hydroxylation is 1. The molecule has 88 valence electrons. The van der Waals surface area contributed by atoms with E-state index in [9.17, 15) is 4.79 Å². The number of nitrogens with one attached hydrogen (secondary N) is 1. The summed E-state index contributed by atoms with van der Waals surface area (Å²) in [6, 6.07) is 9.57. The Bertz CT molecular complexity index is 324. The molecule has 1 rings (SSSR count). The maximum absolute atomic E-state index is 11.5. The number of nitrogens with zero attached hydrogens (tertiary/aromatic N) is 1. The average molecular weight is 221 g/mol. The Balaban J connectivity index is 2.35.